The molecule has 1 fully saturated rings. The molecule has 2 aromatic heterocycles. The number of imidazole rings is 1. The van der Waals surface area contributed by atoms with Crippen LogP contribution in [-0.4, -0.2) is 43.8 Å². The first-order chi connectivity index (χ1) is 10.1. The molecular weight excluding hydrogens is 266 g/mol. The van der Waals surface area contributed by atoms with Gasteiger partial charge in [0.25, 0.3) is 0 Å². The fourth-order valence-electron chi connectivity index (χ4n) is 2.72. The van der Waals surface area contributed by atoms with E-state index in [0.717, 1.165) is 48.8 Å². The van der Waals surface area contributed by atoms with Gasteiger partial charge < -0.3 is 9.88 Å². The van der Waals surface area contributed by atoms with Crippen molar-refractivity contribution in [3.8, 4) is 11.5 Å². The lowest BCUT2D eigenvalue weighted by Crippen LogP contribution is -2.36. The van der Waals surface area contributed by atoms with Gasteiger partial charge in [-0.15, -0.1) is 0 Å². The molecular formula is C15H19N5O. The number of carbonyl (C=O) groups is 1. The van der Waals surface area contributed by atoms with Crippen LogP contribution in [0.5, 0.6) is 0 Å². The molecule has 1 aliphatic heterocycles. The van der Waals surface area contributed by atoms with E-state index in [1.807, 2.05) is 18.0 Å². The average Bonchev–Trinajstić information content (AvgIpc) is 2.94. The van der Waals surface area contributed by atoms with E-state index in [1.54, 1.807) is 19.3 Å². The Labute approximate surface area is 123 Å². The Morgan fingerprint density at radius 3 is 2.67 bits per heavy atom. The number of piperidine rings is 1. The van der Waals surface area contributed by atoms with Gasteiger partial charge in [0, 0.05) is 44.0 Å². The summed E-state index contributed by atoms with van der Waals surface area (Å²) in [7, 11) is 0. The summed E-state index contributed by atoms with van der Waals surface area (Å²) in [6.07, 6.45) is 7.22. The largest absolute Gasteiger partial charge is 0.343 e. The van der Waals surface area contributed by atoms with Gasteiger partial charge in [-0.3, -0.25) is 9.78 Å². The topological polar surface area (TPSA) is 74.8 Å². The molecule has 3 rings (SSSR count). The van der Waals surface area contributed by atoms with Crippen molar-refractivity contribution in [1.29, 1.82) is 0 Å². The Morgan fingerprint density at radius 2 is 2.05 bits per heavy atom. The fourth-order valence-corrected chi connectivity index (χ4v) is 2.72. The highest BCUT2D eigenvalue weighted by Gasteiger charge is 2.23. The highest BCUT2D eigenvalue weighted by molar-refractivity contribution is 5.73. The van der Waals surface area contributed by atoms with Crippen LogP contribution in [0.3, 0.4) is 0 Å². The predicted molar refractivity (Wildman–Crippen MR) is 78.6 cm³/mol. The van der Waals surface area contributed by atoms with E-state index < -0.39 is 0 Å². The van der Waals surface area contributed by atoms with Crippen LogP contribution in [0.2, 0.25) is 0 Å². The van der Waals surface area contributed by atoms with E-state index in [2.05, 4.69) is 15.0 Å². The minimum absolute atomic E-state index is 0.152. The number of nitrogens with zero attached hydrogens (tertiary/aromatic N) is 4. The molecule has 0 spiro atoms. The summed E-state index contributed by atoms with van der Waals surface area (Å²) in [6.45, 7) is 5.18. The number of H-pyrrole nitrogens is 1. The van der Waals surface area contributed by atoms with Crippen LogP contribution in [-0.2, 0) is 4.79 Å². The van der Waals surface area contributed by atoms with E-state index in [9.17, 15) is 4.79 Å². The normalized spacial score (nSPS) is 16.2. The number of aromatic amines is 1. The first-order valence-electron chi connectivity index (χ1n) is 7.23. The van der Waals surface area contributed by atoms with E-state index in [1.165, 1.54) is 0 Å². The van der Waals surface area contributed by atoms with Gasteiger partial charge in [-0.2, -0.15) is 0 Å². The van der Waals surface area contributed by atoms with Gasteiger partial charge in [0.1, 0.15) is 5.69 Å². The quantitative estimate of drug-likeness (QED) is 0.914. The van der Waals surface area contributed by atoms with Crippen LogP contribution >= 0.6 is 0 Å². The van der Waals surface area contributed by atoms with Crippen LogP contribution in [0.1, 0.15) is 37.1 Å². The molecule has 0 radical (unpaired) electrons. The zero-order chi connectivity index (χ0) is 14.8. The summed E-state index contributed by atoms with van der Waals surface area (Å²) in [4.78, 5) is 29.7. The molecule has 0 unspecified atom stereocenters. The van der Waals surface area contributed by atoms with Gasteiger partial charge in [0.05, 0.1) is 11.9 Å². The Hall–Kier alpha value is -2.24. The molecule has 3 heterocycles. The summed E-state index contributed by atoms with van der Waals surface area (Å²) in [5, 5.41) is 0. The number of hydrogen-bond acceptors (Lipinski definition) is 4. The summed E-state index contributed by atoms with van der Waals surface area (Å²) in [6, 6.07) is 0. The Morgan fingerprint density at radius 1 is 1.29 bits per heavy atom. The van der Waals surface area contributed by atoms with Crippen molar-refractivity contribution in [2.75, 3.05) is 13.1 Å². The molecule has 6 heteroatoms. The molecule has 1 aliphatic rings. The maximum Gasteiger partial charge on any atom is 0.219 e. The number of nitrogens with one attached hydrogen (secondary N) is 1. The molecule has 110 valence electrons. The minimum Gasteiger partial charge on any atom is -0.343 e. The van der Waals surface area contributed by atoms with Gasteiger partial charge in [-0.1, -0.05) is 0 Å². The maximum atomic E-state index is 11.4. The molecule has 1 N–H and O–H groups in total. The highest BCUT2D eigenvalue weighted by Crippen LogP contribution is 2.27. The van der Waals surface area contributed by atoms with Crippen molar-refractivity contribution in [2.45, 2.75) is 32.6 Å². The number of aryl methyl sites for hydroxylation is 1. The summed E-state index contributed by atoms with van der Waals surface area (Å²) in [5.41, 5.74) is 2.77. The number of likely N-dealkylation sites (tertiary alicyclic amines) is 1. The molecule has 0 saturated carbocycles. The lowest BCUT2D eigenvalue weighted by Gasteiger charge is -2.30. The van der Waals surface area contributed by atoms with Crippen molar-refractivity contribution >= 4 is 5.91 Å². The number of hydrogen-bond donors (Lipinski definition) is 1. The number of amides is 1. The van der Waals surface area contributed by atoms with Crippen LogP contribution in [0.4, 0.5) is 0 Å². The third kappa shape index (κ3) is 2.94. The van der Waals surface area contributed by atoms with E-state index >= 15 is 0 Å². The summed E-state index contributed by atoms with van der Waals surface area (Å²) >= 11 is 0. The molecule has 0 aliphatic carbocycles. The zero-order valence-electron chi connectivity index (χ0n) is 12.3. The van der Waals surface area contributed by atoms with E-state index in [0.29, 0.717) is 5.92 Å². The third-order valence-corrected chi connectivity index (χ3v) is 3.96. The second kappa shape index (κ2) is 5.63. The lowest BCUT2D eigenvalue weighted by molar-refractivity contribution is -0.129. The van der Waals surface area contributed by atoms with Crippen molar-refractivity contribution in [3.05, 3.63) is 30.0 Å². The first kappa shape index (κ1) is 13.7. The van der Waals surface area contributed by atoms with Gasteiger partial charge in [0.15, 0.2) is 5.82 Å². The maximum absolute atomic E-state index is 11.4. The highest BCUT2D eigenvalue weighted by atomic mass is 16.2. The number of carbonyl (C=O) groups excluding carboxylic acids is 1. The monoisotopic (exact) mass is 285 g/mol. The molecule has 21 heavy (non-hydrogen) atoms. The Balaban J connectivity index is 1.76. The third-order valence-electron chi connectivity index (χ3n) is 3.96. The molecule has 6 nitrogen and oxygen atoms in total. The lowest BCUT2D eigenvalue weighted by atomic mass is 9.93. The van der Waals surface area contributed by atoms with Crippen molar-refractivity contribution < 1.29 is 4.79 Å². The molecule has 0 atom stereocenters. The van der Waals surface area contributed by atoms with Gasteiger partial charge in [-0.05, 0) is 19.8 Å². The first-order valence-corrected chi connectivity index (χ1v) is 7.23. The molecule has 1 amide bonds. The van der Waals surface area contributed by atoms with Gasteiger partial charge in [0.2, 0.25) is 5.91 Å². The average molecular weight is 285 g/mol. The van der Waals surface area contributed by atoms with E-state index in [-0.39, 0.29) is 5.91 Å². The van der Waals surface area contributed by atoms with Crippen LogP contribution in [0.15, 0.2) is 18.6 Å². The molecule has 1 saturated heterocycles. The molecule has 0 bridgehead atoms. The van der Waals surface area contributed by atoms with E-state index in [4.69, 9.17) is 4.98 Å². The van der Waals surface area contributed by atoms with Crippen LogP contribution < -0.4 is 0 Å². The predicted octanol–water partition coefficient (Wildman–Crippen LogP) is 1.90. The van der Waals surface area contributed by atoms with Gasteiger partial charge >= 0.3 is 0 Å². The van der Waals surface area contributed by atoms with Crippen LogP contribution in [0.25, 0.3) is 11.5 Å². The Bertz CT molecular complexity index is 643. The summed E-state index contributed by atoms with van der Waals surface area (Å²) in [5.74, 6) is 1.27. The zero-order valence-corrected chi connectivity index (χ0v) is 12.3. The second-order valence-corrected chi connectivity index (χ2v) is 5.52. The minimum atomic E-state index is 0.152. The van der Waals surface area contributed by atoms with Crippen LogP contribution in [0, 0.1) is 6.92 Å². The molecule has 0 aromatic carbocycles. The number of rotatable bonds is 2. The van der Waals surface area contributed by atoms with Crippen molar-refractivity contribution in [2.24, 2.45) is 0 Å². The molecule has 2 aromatic rings. The smallest absolute Gasteiger partial charge is 0.219 e. The van der Waals surface area contributed by atoms with Crippen molar-refractivity contribution in [3.63, 3.8) is 0 Å². The fraction of sp³-hybridized carbons (Fsp3) is 0.467. The standard InChI is InChI=1S/C15H19N5O/c1-10-7-17-15(18-10)14-9-16-8-13(19-14)12-3-5-20(6-4-12)11(2)21/h7-9,12H,3-6H2,1-2H3,(H,17,18). The second-order valence-electron chi connectivity index (χ2n) is 5.52. The number of aromatic nitrogens is 4. The summed E-state index contributed by atoms with van der Waals surface area (Å²) < 4.78 is 0. The Kier molecular flexibility index (Phi) is 3.68. The van der Waals surface area contributed by atoms with Crippen molar-refractivity contribution in [1.82, 2.24) is 24.8 Å². The SMILES string of the molecule is CC(=O)N1CCC(c2cncc(-c3ncc(C)[nH]3)n2)CC1. The van der Waals surface area contributed by atoms with Gasteiger partial charge in [-0.25, -0.2) is 9.97 Å².